The molecule has 1 heteroatoms. The fourth-order valence-corrected chi connectivity index (χ4v) is 0.803. The second-order valence-corrected chi connectivity index (χ2v) is 2.33. The number of hydrogen-bond donors (Lipinski definition) is 1. The van der Waals surface area contributed by atoms with Gasteiger partial charge in [-0.25, -0.2) is 0 Å². The van der Waals surface area contributed by atoms with Crippen LogP contribution in [-0.4, -0.2) is 6.04 Å². The highest BCUT2D eigenvalue weighted by atomic mass is 14.6. The molecule has 0 saturated heterocycles. The van der Waals surface area contributed by atoms with E-state index in [-0.39, 0.29) is 6.04 Å². The number of allylic oxidation sites excluding steroid dienone is 2. The summed E-state index contributed by atoms with van der Waals surface area (Å²) < 4.78 is 0. The fourth-order valence-electron chi connectivity index (χ4n) is 0.803. The zero-order valence-corrected chi connectivity index (χ0v) is 7.17. The minimum Gasteiger partial charge on any atom is -0.324 e. The van der Waals surface area contributed by atoms with E-state index in [2.05, 4.69) is 5.92 Å². The molecule has 0 heterocycles. The molecule has 1 nitrogen and oxygen atoms in total. The van der Waals surface area contributed by atoms with Crippen molar-refractivity contribution in [1.82, 2.24) is 0 Å². The first-order valence-corrected chi connectivity index (χ1v) is 3.80. The Balaban J connectivity index is 4.36. The molecule has 0 bridgehead atoms. The summed E-state index contributed by atoms with van der Waals surface area (Å²) in [4.78, 5) is 0. The molecule has 2 N–H and O–H groups in total. The molecule has 0 fully saturated rings. The molecule has 0 radical (unpaired) electrons. The number of rotatable bonds is 3. The first kappa shape index (κ1) is 10.0. The molecule has 60 valence electrons. The summed E-state index contributed by atoms with van der Waals surface area (Å²) in [6.45, 7) is 3.99. The third kappa shape index (κ3) is 3.64. The maximum absolute atomic E-state index is 5.77. The number of terminal acetylenes is 1. The Bertz CT molecular complexity index is 193. The summed E-state index contributed by atoms with van der Waals surface area (Å²) in [5.74, 6) is 2.47. The van der Waals surface area contributed by atoms with Crippen molar-refractivity contribution in [1.29, 1.82) is 0 Å². The van der Waals surface area contributed by atoms with Gasteiger partial charge in [0.2, 0.25) is 0 Å². The maximum atomic E-state index is 5.77. The van der Waals surface area contributed by atoms with E-state index in [1.54, 1.807) is 6.08 Å². The molecule has 0 aromatic heterocycles. The summed E-state index contributed by atoms with van der Waals surface area (Å²) in [5.41, 5.74) is 6.80. The number of hydrogen-bond acceptors (Lipinski definition) is 1. The van der Waals surface area contributed by atoms with E-state index in [1.165, 1.54) is 0 Å². The molecular formula is C10H15N. The van der Waals surface area contributed by atoms with Crippen LogP contribution in [0.15, 0.2) is 23.8 Å². The van der Waals surface area contributed by atoms with Crippen molar-refractivity contribution < 1.29 is 0 Å². The van der Waals surface area contributed by atoms with Crippen LogP contribution in [0, 0.1) is 12.3 Å². The van der Waals surface area contributed by atoms with Gasteiger partial charge < -0.3 is 5.73 Å². The van der Waals surface area contributed by atoms with Crippen molar-refractivity contribution in [3.63, 3.8) is 0 Å². The molecule has 0 spiro atoms. The lowest BCUT2D eigenvalue weighted by Crippen LogP contribution is -2.20. The van der Waals surface area contributed by atoms with Gasteiger partial charge in [-0.3, -0.25) is 0 Å². The van der Waals surface area contributed by atoms with Crippen molar-refractivity contribution in [3.05, 3.63) is 23.8 Å². The van der Waals surface area contributed by atoms with Crippen molar-refractivity contribution in [2.24, 2.45) is 5.73 Å². The molecule has 0 aliphatic heterocycles. The lowest BCUT2D eigenvalue weighted by molar-refractivity contribution is 0.755. The minimum atomic E-state index is 0.0715. The molecular weight excluding hydrogens is 134 g/mol. The highest BCUT2D eigenvalue weighted by molar-refractivity contribution is 5.30. The Kier molecular flexibility index (Phi) is 5.24. The molecule has 0 aromatic carbocycles. The van der Waals surface area contributed by atoms with E-state index in [9.17, 15) is 0 Å². The molecule has 11 heavy (non-hydrogen) atoms. The Morgan fingerprint density at radius 2 is 2.36 bits per heavy atom. The van der Waals surface area contributed by atoms with Crippen molar-refractivity contribution in [3.8, 4) is 12.3 Å². The Labute approximate surface area is 69.0 Å². The van der Waals surface area contributed by atoms with Gasteiger partial charge in [0.1, 0.15) is 0 Å². The summed E-state index contributed by atoms with van der Waals surface area (Å²) >= 11 is 0. The summed E-state index contributed by atoms with van der Waals surface area (Å²) in [6, 6.07) is 0.0715. The van der Waals surface area contributed by atoms with Crippen LogP contribution in [0.1, 0.15) is 20.3 Å². The van der Waals surface area contributed by atoms with Crippen LogP contribution in [0.2, 0.25) is 0 Å². The minimum absolute atomic E-state index is 0.0715. The predicted molar refractivity (Wildman–Crippen MR) is 50.0 cm³/mol. The van der Waals surface area contributed by atoms with E-state index in [4.69, 9.17) is 12.2 Å². The van der Waals surface area contributed by atoms with Crippen LogP contribution < -0.4 is 5.73 Å². The molecule has 0 amide bonds. The zero-order chi connectivity index (χ0) is 8.69. The van der Waals surface area contributed by atoms with Crippen LogP contribution in [0.25, 0.3) is 0 Å². The SMILES string of the molecule is C#C/C=C(\C=C/C)[C@@H](N)CC. The van der Waals surface area contributed by atoms with Gasteiger partial charge in [-0.15, -0.1) is 6.42 Å². The van der Waals surface area contributed by atoms with Gasteiger partial charge >= 0.3 is 0 Å². The van der Waals surface area contributed by atoms with Crippen molar-refractivity contribution in [2.75, 3.05) is 0 Å². The van der Waals surface area contributed by atoms with Crippen LogP contribution in [-0.2, 0) is 0 Å². The first-order chi connectivity index (χ1) is 5.26. The molecule has 0 unspecified atom stereocenters. The quantitative estimate of drug-likeness (QED) is 0.481. The lowest BCUT2D eigenvalue weighted by Gasteiger charge is -2.07. The standard InChI is InChI=1S/C10H15N/c1-4-7-9(8-5-2)10(11)6-3/h1,5,7-8,10H,6,11H2,2-3H3/b8-5-,9-7+/t10-/m0/s1. The van der Waals surface area contributed by atoms with Gasteiger partial charge in [0.25, 0.3) is 0 Å². The predicted octanol–water partition coefficient (Wildman–Crippen LogP) is 1.86. The van der Waals surface area contributed by atoms with Gasteiger partial charge in [0.05, 0.1) is 0 Å². The largest absolute Gasteiger partial charge is 0.324 e. The van der Waals surface area contributed by atoms with Crippen LogP contribution in [0.5, 0.6) is 0 Å². The summed E-state index contributed by atoms with van der Waals surface area (Å²) in [6.07, 6.45) is 11.7. The van der Waals surface area contributed by atoms with Crippen LogP contribution in [0.4, 0.5) is 0 Å². The molecule has 0 rings (SSSR count). The van der Waals surface area contributed by atoms with Crippen LogP contribution >= 0.6 is 0 Å². The second-order valence-electron chi connectivity index (χ2n) is 2.33. The first-order valence-electron chi connectivity index (χ1n) is 3.80. The third-order valence-corrected chi connectivity index (χ3v) is 1.48. The average molecular weight is 149 g/mol. The Morgan fingerprint density at radius 3 is 2.73 bits per heavy atom. The monoisotopic (exact) mass is 149 g/mol. The van der Waals surface area contributed by atoms with E-state index in [0.717, 1.165) is 12.0 Å². The van der Waals surface area contributed by atoms with Gasteiger partial charge in [0, 0.05) is 6.04 Å². The van der Waals surface area contributed by atoms with Crippen molar-refractivity contribution in [2.45, 2.75) is 26.3 Å². The lowest BCUT2D eigenvalue weighted by atomic mass is 10.1. The van der Waals surface area contributed by atoms with Crippen molar-refractivity contribution >= 4 is 0 Å². The smallest absolute Gasteiger partial charge is 0.0298 e. The van der Waals surface area contributed by atoms with E-state index in [1.807, 2.05) is 26.0 Å². The van der Waals surface area contributed by atoms with E-state index in [0.29, 0.717) is 0 Å². The molecule has 0 aliphatic carbocycles. The zero-order valence-electron chi connectivity index (χ0n) is 7.17. The summed E-state index contributed by atoms with van der Waals surface area (Å²) in [5, 5.41) is 0. The molecule has 0 aliphatic rings. The molecule has 1 atom stereocenters. The van der Waals surface area contributed by atoms with Gasteiger partial charge in [-0.2, -0.15) is 0 Å². The highest BCUT2D eigenvalue weighted by Crippen LogP contribution is 2.04. The maximum Gasteiger partial charge on any atom is 0.0298 e. The Hall–Kier alpha value is -1.00. The third-order valence-electron chi connectivity index (χ3n) is 1.48. The number of nitrogens with two attached hydrogens (primary N) is 1. The van der Waals surface area contributed by atoms with E-state index < -0.39 is 0 Å². The Morgan fingerprint density at radius 1 is 1.73 bits per heavy atom. The van der Waals surface area contributed by atoms with Gasteiger partial charge in [-0.1, -0.05) is 25.0 Å². The topological polar surface area (TPSA) is 26.0 Å². The summed E-state index contributed by atoms with van der Waals surface area (Å²) in [7, 11) is 0. The van der Waals surface area contributed by atoms with Crippen LogP contribution in [0.3, 0.4) is 0 Å². The van der Waals surface area contributed by atoms with Gasteiger partial charge in [0.15, 0.2) is 0 Å². The molecule has 0 saturated carbocycles. The molecule has 0 aromatic rings. The second kappa shape index (κ2) is 5.76. The van der Waals surface area contributed by atoms with Gasteiger partial charge in [-0.05, 0) is 25.0 Å². The van der Waals surface area contributed by atoms with E-state index >= 15 is 0 Å². The average Bonchev–Trinajstić information content (AvgIpc) is 2.03. The normalized spacial score (nSPS) is 14.9. The fraction of sp³-hybridized carbons (Fsp3) is 0.400. The highest BCUT2D eigenvalue weighted by Gasteiger charge is 2.00.